The first-order valence-electron chi connectivity index (χ1n) is 9.64. The summed E-state index contributed by atoms with van der Waals surface area (Å²) in [7, 11) is 1.73. The summed E-state index contributed by atoms with van der Waals surface area (Å²) in [5.41, 5.74) is 2.57. The smallest absolute Gasteiger partial charge is 0.191 e. The number of morpholine rings is 1. The maximum absolute atomic E-state index is 5.62. The van der Waals surface area contributed by atoms with Crippen LogP contribution < -0.4 is 10.6 Å². The Kier molecular flexibility index (Phi) is 12.6. The average Bonchev–Trinajstić information content (AvgIpc) is 2.63. The molecule has 0 spiro atoms. The zero-order chi connectivity index (χ0) is 18.6. The predicted molar refractivity (Wildman–Crippen MR) is 122 cm³/mol. The second-order valence-electron chi connectivity index (χ2n) is 6.70. The highest BCUT2D eigenvalue weighted by molar-refractivity contribution is 14.0. The molecular formula is C20H35IN4O2. The zero-order valence-electron chi connectivity index (χ0n) is 16.9. The molecule has 1 aromatic carbocycles. The van der Waals surface area contributed by atoms with E-state index >= 15 is 0 Å². The van der Waals surface area contributed by atoms with Crippen LogP contribution in [0.3, 0.4) is 0 Å². The summed E-state index contributed by atoms with van der Waals surface area (Å²) in [6.45, 7) is 11.2. The number of halogens is 1. The van der Waals surface area contributed by atoms with Crippen molar-refractivity contribution in [2.24, 2.45) is 4.99 Å². The van der Waals surface area contributed by atoms with Crippen LogP contribution in [0.2, 0.25) is 0 Å². The van der Waals surface area contributed by atoms with E-state index in [9.17, 15) is 0 Å². The van der Waals surface area contributed by atoms with Gasteiger partial charge in [-0.3, -0.25) is 4.90 Å². The van der Waals surface area contributed by atoms with Crippen LogP contribution in [0.25, 0.3) is 0 Å². The van der Waals surface area contributed by atoms with Crippen molar-refractivity contribution < 1.29 is 9.47 Å². The van der Waals surface area contributed by atoms with Gasteiger partial charge in [0.15, 0.2) is 5.96 Å². The van der Waals surface area contributed by atoms with Crippen molar-refractivity contribution in [3.8, 4) is 0 Å². The molecule has 154 valence electrons. The molecule has 1 aliphatic heterocycles. The normalized spacial score (nSPS) is 18.0. The van der Waals surface area contributed by atoms with Crippen molar-refractivity contribution in [1.29, 1.82) is 0 Å². The van der Waals surface area contributed by atoms with Gasteiger partial charge in [0.05, 0.1) is 19.3 Å². The Morgan fingerprint density at radius 2 is 2.15 bits per heavy atom. The summed E-state index contributed by atoms with van der Waals surface area (Å²) < 4.78 is 10.7. The molecule has 1 heterocycles. The highest BCUT2D eigenvalue weighted by Gasteiger charge is 2.16. The minimum absolute atomic E-state index is 0. The molecule has 6 nitrogen and oxygen atoms in total. The number of rotatable bonds is 9. The first-order chi connectivity index (χ1) is 12.7. The van der Waals surface area contributed by atoms with Crippen molar-refractivity contribution in [3.05, 3.63) is 35.4 Å². The lowest BCUT2D eigenvalue weighted by Gasteiger charge is -2.31. The third-order valence-corrected chi connectivity index (χ3v) is 4.30. The van der Waals surface area contributed by atoms with Gasteiger partial charge in [-0.1, -0.05) is 24.3 Å². The fourth-order valence-electron chi connectivity index (χ4n) is 3.05. The van der Waals surface area contributed by atoms with Crippen molar-refractivity contribution >= 4 is 29.9 Å². The Morgan fingerprint density at radius 1 is 1.33 bits per heavy atom. The van der Waals surface area contributed by atoms with E-state index in [1.807, 2.05) is 0 Å². The molecule has 1 aromatic rings. The molecule has 1 saturated heterocycles. The number of ether oxygens (including phenoxy) is 2. The van der Waals surface area contributed by atoms with Crippen LogP contribution in [0.4, 0.5) is 0 Å². The van der Waals surface area contributed by atoms with Gasteiger partial charge in [0.1, 0.15) is 0 Å². The minimum atomic E-state index is 0. The summed E-state index contributed by atoms with van der Waals surface area (Å²) in [4.78, 5) is 7.16. The minimum Gasteiger partial charge on any atom is -0.385 e. The monoisotopic (exact) mass is 490 g/mol. The van der Waals surface area contributed by atoms with Gasteiger partial charge in [0.25, 0.3) is 0 Å². The molecule has 2 N–H and O–H groups in total. The number of nitrogens with zero attached hydrogens (tertiary/aromatic N) is 2. The van der Waals surface area contributed by atoms with Crippen LogP contribution in [-0.2, 0) is 22.6 Å². The Labute approximate surface area is 181 Å². The number of hydrogen-bond donors (Lipinski definition) is 2. The lowest BCUT2D eigenvalue weighted by Crippen LogP contribution is -2.40. The SMILES string of the molecule is CCNC(=NCc1cccc(CN2CCOC(C)C2)c1)NCCCOC.I. The molecule has 0 radical (unpaired) electrons. The molecule has 1 fully saturated rings. The maximum atomic E-state index is 5.62. The maximum Gasteiger partial charge on any atom is 0.191 e. The molecular weight excluding hydrogens is 455 g/mol. The predicted octanol–water partition coefficient (Wildman–Crippen LogP) is 2.62. The number of methoxy groups -OCH3 is 1. The third kappa shape index (κ3) is 9.73. The fraction of sp³-hybridized carbons (Fsp3) is 0.650. The number of aliphatic imine (C=N–C) groups is 1. The van der Waals surface area contributed by atoms with E-state index in [1.54, 1.807) is 7.11 Å². The molecule has 0 saturated carbocycles. The molecule has 27 heavy (non-hydrogen) atoms. The van der Waals surface area contributed by atoms with Gasteiger partial charge < -0.3 is 20.1 Å². The quantitative estimate of drug-likeness (QED) is 0.241. The van der Waals surface area contributed by atoms with E-state index < -0.39 is 0 Å². The molecule has 7 heteroatoms. The van der Waals surface area contributed by atoms with Gasteiger partial charge in [-0.2, -0.15) is 0 Å². The van der Waals surface area contributed by atoms with Crippen LogP contribution >= 0.6 is 24.0 Å². The molecule has 0 aliphatic carbocycles. The van der Waals surface area contributed by atoms with E-state index in [0.29, 0.717) is 12.6 Å². The van der Waals surface area contributed by atoms with E-state index in [0.717, 1.165) is 58.3 Å². The molecule has 0 aromatic heterocycles. The standard InChI is InChI=1S/C20H34N4O2.HI/c1-4-21-20(22-9-6-11-25-3)23-14-18-7-5-8-19(13-18)16-24-10-12-26-17(2)15-24;/h5,7-8,13,17H,4,6,9-12,14-16H2,1-3H3,(H2,21,22,23);1H. The Bertz CT molecular complexity index is 557. The average molecular weight is 490 g/mol. The van der Waals surface area contributed by atoms with Gasteiger partial charge in [-0.05, 0) is 31.4 Å². The van der Waals surface area contributed by atoms with Crippen LogP contribution in [-0.4, -0.2) is 63.5 Å². The number of hydrogen-bond acceptors (Lipinski definition) is 4. The summed E-state index contributed by atoms with van der Waals surface area (Å²) in [5.74, 6) is 0.857. The van der Waals surface area contributed by atoms with Gasteiger partial charge in [-0.25, -0.2) is 4.99 Å². The van der Waals surface area contributed by atoms with E-state index in [2.05, 4.69) is 53.6 Å². The topological polar surface area (TPSA) is 58.1 Å². The summed E-state index contributed by atoms with van der Waals surface area (Å²) in [6, 6.07) is 8.73. The molecule has 0 bridgehead atoms. The molecule has 1 atom stereocenters. The van der Waals surface area contributed by atoms with Crippen molar-refractivity contribution in [2.45, 2.75) is 39.5 Å². The summed E-state index contributed by atoms with van der Waals surface area (Å²) >= 11 is 0. The Morgan fingerprint density at radius 3 is 2.89 bits per heavy atom. The second-order valence-corrected chi connectivity index (χ2v) is 6.70. The number of nitrogens with one attached hydrogen (secondary N) is 2. The van der Waals surface area contributed by atoms with Crippen molar-refractivity contribution in [2.75, 3.05) is 46.5 Å². The van der Waals surface area contributed by atoms with E-state index in [4.69, 9.17) is 14.5 Å². The van der Waals surface area contributed by atoms with E-state index in [1.165, 1.54) is 11.1 Å². The molecule has 1 aliphatic rings. The van der Waals surface area contributed by atoms with Crippen LogP contribution in [0.15, 0.2) is 29.3 Å². The first-order valence-corrected chi connectivity index (χ1v) is 9.64. The molecule has 0 amide bonds. The first kappa shape index (κ1) is 24.1. The number of benzene rings is 1. The third-order valence-electron chi connectivity index (χ3n) is 4.30. The van der Waals surface area contributed by atoms with Crippen LogP contribution in [0.5, 0.6) is 0 Å². The van der Waals surface area contributed by atoms with Crippen LogP contribution in [0.1, 0.15) is 31.4 Å². The highest BCUT2D eigenvalue weighted by atomic mass is 127. The Hall–Kier alpha value is -0.900. The Balaban J connectivity index is 0.00000364. The van der Waals surface area contributed by atoms with Crippen LogP contribution in [0, 0.1) is 0 Å². The number of guanidine groups is 1. The van der Waals surface area contributed by atoms with Gasteiger partial charge >= 0.3 is 0 Å². The summed E-state index contributed by atoms with van der Waals surface area (Å²) in [6.07, 6.45) is 1.29. The van der Waals surface area contributed by atoms with Gasteiger partial charge in [0.2, 0.25) is 0 Å². The lowest BCUT2D eigenvalue weighted by molar-refractivity contribution is -0.0212. The highest BCUT2D eigenvalue weighted by Crippen LogP contribution is 2.12. The van der Waals surface area contributed by atoms with Gasteiger partial charge in [0, 0.05) is 46.4 Å². The lowest BCUT2D eigenvalue weighted by atomic mass is 10.1. The largest absolute Gasteiger partial charge is 0.385 e. The van der Waals surface area contributed by atoms with Crippen molar-refractivity contribution in [1.82, 2.24) is 15.5 Å². The second kappa shape index (κ2) is 14.1. The summed E-state index contributed by atoms with van der Waals surface area (Å²) in [5, 5.41) is 6.64. The molecule has 1 unspecified atom stereocenters. The van der Waals surface area contributed by atoms with Crippen molar-refractivity contribution in [3.63, 3.8) is 0 Å². The zero-order valence-corrected chi connectivity index (χ0v) is 19.2. The van der Waals surface area contributed by atoms with E-state index in [-0.39, 0.29) is 24.0 Å². The fourth-order valence-corrected chi connectivity index (χ4v) is 3.05. The van der Waals surface area contributed by atoms with Gasteiger partial charge in [-0.15, -0.1) is 24.0 Å². The molecule has 2 rings (SSSR count).